The number of carbonyl (C=O) groups excluding carboxylic acids is 2. The lowest BCUT2D eigenvalue weighted by molar-refractivity contribution is -0.140. The van der Waals surface area contributed by atoms with Gasteiger partial charge in [-0.2, -0.15) is 0 Å². The maximum atomic E-state index is 13.3. The Morgan fingerprint density at radius 1 is 0.889 bits per heavy atom. The average molecular weight is 488 g/mol. The van der Waals surface area contributed by atoms with Crippen LogP contribution in [-0.2, 0) is 16.1 Å². The van der Waals surface area contributed by atoms with Gasteiger partial charge in [0.15, 0.2) is 0 Å². The van der Waals surface area contributed by atoms with E-state index in [0.29, 0.717) is 28.4 Å². The lowest BCUT2D eigenvalue weighted by Crippen LogP contribution is -2.29. The second kappa shape index (κ2) is 10.6. The molecule has 1 saturated heterocycles. The van der Waals surface area contributed by atoms with Crippen molar-refractivity contribution in [3.8, 4) is 17.2 Å². The van der Waals surface area contributed by atoms with Gasteiger partial charge < -0.3 is 24.2 Å². The molecule has 1 heterocycles. The van der Waals surface area contributed by atoms with Crippen molar-refractivity contribution in [3.63, 3.8) is 0 Å². The van der Waals surface area contributed by atoms with Crippen LogP contribution in [0.15, 0.2) is 78.4 Å². The molecule has 3 aromatic carbocycles. The van der Waals surface area contributed by atoms with E-state index in [1.165, 1.54) is 4.90 Å². The van der Waals surface area contributed by atoms with E-state index in [0.717, 1.165) is 5.56 Å². The number of rotatable bonds is 8. The van der Waals surface area contributed by atoms with E-state index < -0.39 is 17.7 Å². The van der Waals surface area contributed by atoms with E-state index in [-0.39, 0.29) is 24.0 Å². The van der Waals surface area contributed by atoms with Crippen molar-refractivity contribution < 1.29 is 28.9 Å². The highest BCUT2D eigenvalue weighted by atomic mass is 16.5. The number of ketones is 1. The molecule has 1 aliphatic heterocycles. The van der Waals surface area contributed by atoms with E-state index in [9.17, 15) is 14.7 Å². The number of aliphatic hydroxyl groups is 1. The normalized spacial score (nSPS) is 16.9. The summed E-state index contributed by atoms with van der Waals surface area (Å²) in [7, 11) is 3.10. The highest BCUT2D eigenvalue weighted by Gasteiger charge is 2.46. The molecule has 1 amide bonds. The summed E-state index contributed by atoms with van der Waals surface area (Å²) in [5, 5.41) is 11.3. The minimum Gasteiger partial charge on any atom is -0.507 e. The van der Waals surface area contributed by atoms with E-state index in [1.54, 1.807) is 56.7 Å². The Morgan fingerprint density at radius 2 is 1.53 bits per heavy atom. The van der Waals surface area contributed by atoms with Gasteiger partial charge >= 0.3 is 0 Å². The molecule has 1 unspecified atom stereocenters. The van der Waals surface area contributed by atoms with Crippen molar-refractivity contribution in [2.45, 2.75) is 32.5 Å². The summed E-state index contributed by atoms with van der Waals surface area (Å²) in [4.78, 5) is 28.1. The number of benzene rings is 3. The van der Waals surface area contributed by atoms with Gasteiger partial charge in [0.25, 0.3) is 11.7 Å². The lowest BCUT2D eigenvalue weighted by Gasteiger charge is -2.26. The first kappa shape index (κ1) is 24.9. The minimum absolute atomic E-state index is 0.00195. The molecule has 0 aromatic heterocycles. The van der Waals surface area contributed by atoms with Crippen LogP contribution in [-0.4, -0.2) is 42.0 Å². The van der Waals surface area contributed by atoms with Crippen LogP contribution in [0, 0.1) is 0 Å². The van der Waals surface area contributed by atoms with Crippen LogP contribution in [0.5, 0.6) is 17.2 Å². The summed E-state index contributed by atoms with van der Waals surface area (Å²) in [5.41, 5.74) is 1.86. The molecule has 1 fully saturated rings. The molecule has 7 nitrogen and oxygen atoms in total. The molecule has 7 heteroatoms. The smallest absolute Gasteiger partial charge is 0.295 e. The van der Waals surface area contributed by atoms with Gasteiger partial charge in [0, 0.05) is 11.1 Å². The summed E-state index contributed by atoms with van der Waals surface area (Å²) in [6, 6.07) is 20.4. The zero-order valence-corrected chi connectivity index (χ0v) is 20.7. The van der Waals surface area contributed by atoms with Crippen LogP contribution in [0.4, 0.5) is 0 Å². The van der Waals surface area contributed by atoms with Gasteiger partial charge in [-0.05, 0) is 61.9 Å². The average Bonchev–Trinajstić information content (AvgIpc) is 3.13. The highest BCUT2D eigenvalue weighted by molar-refractivity contribution is 6.46. The Hall–Kier alpha value is -4.26. The summed E-state index contributed by atoms with van der Waals surface area (Å²) in [6.07, 6.45) is 0.00195. The number of amides is 1. The zero-order chi connectivity index (χ0) is 25.8. The van der Waals surface area contributed by atoms with Crippen molar-refractivity contribution in [2.75, 3.05) is 14.2 Å². The molecule has 36 heavy (non-hydrogen) atoms. The van der Waals surface area contributed by atoms with E-state index >= 15 is 0 Å². The van der Waals surface area contributed by atoms with Crippen LogP contribution in [0.3, 0.4) is 0 Å². The van der Waals surface area contributed by atoms with Crippen molar-refractivity contribution in [3.05, 3.63) is 95.1 Å². The topological polar surface area (TPSA) is 85.3 Å². The number of Topliss-reactive ketones (excluding diaryl/α,β-unsaturated/α-hetero) is 1. The first-order valence-electron chi connectivity index (χ1n) is 11.7. The van der Waals surface area contributed by atoms with Gasteiger partial charge in [0.1, 0.15) is 23.0 Å². The molecule has 0 spiro atoms. The molecular weight excluding hydrogens is 458 g/mol. The molecule has 1 aliphatic rings. The Balaban J connectivity index is 1.82. The number of hydrogen-bond donors (Lipinski definition) is 1. The Labute approximate surface area is 210 Å². The van der Waals surface area contributed by atoms with Crippen LogP contribution < -0.4 is 14.2 Å². The van der Waals surface area contributed by atoms with Gasteiger partial charge in [0.05, 0.1) is 38.5 Å². The van der Waals surface area contributed by atoms with Crippen LogP contribution in [0.1, 0.15) is 36.6 Å². The van der Waals surface area contributed by atoms with Crippen molar-refractivity contribution in [2.24, 2.45) is 0 Å². The second-order valence-electron chi connectivity index (χ2n) is 8.70. The molecular formula is C29H29NO6. The molecule has 3 aromatic rings. The largest absolute Gasteiger partial charge is 0.507 e. The van der Waals surface area contributed by atoms with Gasteiger partial charge in [0.2, 0.25) is 0 Å². The van der Waals surface area contributed by atoms with E-state index in [1.807, 2.05) is 44.2 Å². The van der Waals surface area contributed by atoms with Gasteiger partial charge in [-0.1, -0.05) is 30.3 Å². The molecule has 186 valence electrons. The first-order chi connectivity index (χ1) is 17.3. The Kier molecular flexibility index (Phi) is 7.29. The fraction of sp³-hybridized carbons (Fsp3) is 0.241. The van der Waals surface area contributed by atoms with Gasteiger partial charge in [-0.15, -0.1) is 0 Å². The summed E-state index contributed by atoms with van der Waals surface area (Å²) in [6.45, 7) is 4.00. The molecule has 1 atom stereocenters. The predicted octanol–water partition coefficient (Wildman–Crippen LogP) is 5.11. The van der Waals surface area contributed by atoms with Crippen LogP contribution in [0.2, 0.25) is 0 Å². The number of likely N-dealkylation sites (tertiary alicyclic amines) is 1. The SMILES string of the molecule is COc1ccc(/C(O)=C2\C(=O)C(=O)N(Cc3ccccc3OC)C2c2ccc(OC(C)C)cc2)cc1. The van der Waals surface area contributed by atoms with Crippen LogP contribution in [0.25, 0.3) is 5.76 Å². The number of ether oxygens (including phenoxy) is 3. The third-order valence-electron chi connectivity index (χ3n) is 6.00. The van der Waals surface area contributed by atoms with E-state index in [4.69, 9.17) is 14.2 Å². The Morgan fingerprint density at radius 3 is 2.14 bits per heavy atom. The Bertz CT molecular complexity index is 1280. The highest BCUT2D eigenvalue weighted by Crippen LogP contribution is 2.41. The fourth-order valence-electron chi connectivity index (χ4n) is 4.31. The molecule has 0 bridgehead atoms. The number of para-hydroxylation sites is 1. The number of carbonyl (C=O) groups is 2. The van der Waals surface area contributed by atoms with Gasteiger partial charge in [-0.25, -0.2) is 0 Å². The zero-order valence-electron chi connectivity index (χ0n) is 20.7. The maximum Gasteiger partial charge on any atom is 0.295 e. The standard InChI is InChI=1S/C29H29NO6/c1-18(2)36-23-15-9-19(10-16-23)26-25(27(31)20-11-13-22(34-3)14-12-20)28(32)29(33)30(26)17-21-7-5-6-8-24(21)35-4/h5-16,18,26,31H,17H2,1-4H3/b27-25+. The van der Waals surface area contributed by atoms with Crippen molar-refractivity contribution in [1.82, 2.24) is 4.90 Å². The van der Waals surface area contributed by atoms with Crippen molar-refractivity contribution >= 4 is 17.4 Å². The number of nitrogens with zero attached hydrogens (tertiary/aromatic N) is 1. The third-order valence-corrected chi connectivity index (χ3v) is 6.00. The molecule has 0 radical (unpaired) electrons. The lowest BCUT2D eigenvalue weighted by atomic mass is 9.95. The molecule has 0 aliphatic carbocycles. The van der Waals surface area contributed by atoms with E-state index in [2.05, 4.69) is 0 Å². The summed E-state index contributed by atoms with van der Waals surface area (Å²) >= 11 is 0. The fourth-order valence-corrected chi connectivity index (χ4v) is 4.31. The molecule has 0 saturated carbocycles. The third kappa shape index (κ3) is 4.91. The second-order valence-corrected chi connectivity index (χ2v) is 8.70. The van der Waals surface area contributed by atoms with Crippen molar-refractivity contribution in [1.29, 1.82) is 0 Å². The number of methoxy groups -OCH3 is 2. The first-order valence-corrected chi connectivity index (χ1v) is 11.7. The summed E-state index contributed by atoms with van der Waals surface area (Å²) < 4.78 is 16.4. The monoisotopic (exact) mass is 487 g/mol. The molecule has 1 N–H and O–H groups in total. The number of hydrogen-bond acceptors (Lipinski definition) is 6. The van der Waals surface area contributed by atoms with Gasteiger partial charge in [-0.3, -0.25) is 9.59 Å². The van der Waals surface area contributed by atoms with Crippen LogP contribution >= 0.6 is 0 Å². The number of aliphatic hydroxyl groups excluding tert-OH is 1. The summed E-state index contributed by atoms with van der Waals surface area (Å²) in [5.74, 6) is 0.209. The molecule has 4 rings (SSSR count). The minimum atomic E-state index is -0.801. The quantitative estimate of drug-likeness (QED) is 0.270. The predicted molar refractivity (Wildman–Crippen MR) is 136 cm³/mol. The maximum absolute atomic E-state index is 13.3.